The summed E-state index contributed by atoms with van der Waals surface area (Å²) in [5.41, 5.74) is 0.977. The van der Waals surface area contributed by atoms with Gasteiger partial charge < -0.3 is 9.47 Å². The second-order valence-corrected chi connectivity index (χ2v) is 6.58. The maximum absolute atomic E-state index is 14.2. The number of alkyl halides is 3. The summed E-state index contributed by atoms with van der Waals surface area (Å²) in [6.07, 6.45) is -4.51. The summed E-state index contributed by atoms with van der Waals surface area (Å²) < 4.78 is 66.3. The quantitative estimate of drug-likeness (QED) is 0.341. The lowest BCUT2D eigenvalue weighted by Gasteiger charge is -2.30. The molecule has 29 heavy (non-hydrogen) atoms. The minimum absolute atomic E-state index is 0.0376. The lowest BCUT2D eigenvalue weighted by molar-refractivity contribution is -0.153. The van der Waals surface area contributed by atoms with Crippen molar-refractivity contribution >= 4 is 0 Å². The van der Waals surface area contributed by atoms with Crippen LogP contribution in [0.15, 0.2) is 78.9 Å². The topological polar surface area (TPSA) is 18.5 Å². The standard InChI is InChI=1S/C23H20F4O2/c1-28-15-29-20-13-9-17(10-14-20)21(16-7-11-19(24)12-8-16)22(23(25,26)27)18-5-3-2-4-6-18/h2-14,21-22H,15H2,1H3. The zero-order valence-corrected chi connectivity index (χ0v) is 15.7. The first-order valence-corrected chi connectivity index (χ1v) is 8.99. The largest absolute Gasteiger partial charge is 0.468 e. The molecule has 2 nitrogen and oxygen atoms in total. The van der Waals surface area contributed by atoms with Crippen LogP contribution in [0.25, 0.3) is 0 Å². The fraction of sp³-hybridized carbons (Fsp3) is 0.217. The molecule has 3 rings (SSSR count). The molecule has 0 N–H and O–H groups in total. The van der Waals surface area contributed by atoms with Crippen LogP contribution in [0.2, 0.25) is 0 Å². The minimum Gasteiger partial charge on any atom is -0.468 e. The summed E-state index contributed by atoms with van der Waals surface area (Å²) in [6, 6.07) is 19.3. The van der Waals surface area contributed by atoms with Gasteiger partial charge in [-0.2, -0.15) is 13.2 Å². The van der Waals surface area contributed by atoms with E-state index in [1.807, 2.05) is 0 Å². The molecule has 0 heterocycles. The van der Waals surface area contributed by atoms with Gasteiger partial charge in [0.1, 0.15) is 11.6 Å². The number of halogens is 4. The van der Waals surface area contributed by atoms with Crippen molar-refractivity contribution in [2.45, 2.75) is 18.0 Å². The molecule has 0 radical (unpaired) electrons. The van der Waals surface area contributed by atoms with E-state index in [1.54, 1.807) is 42.5 Å². The van der Waals surface area contributed by atoms with Gasteiger partial charge in [-0.25, -0.2) is 4.39 Å². The second-order valence-electron chi connectivity index (χ2n) is 6.58. The predicted molar refractivity (Wildman–Crippen MR) is 102 cm³/mol. The first-order chi connectivity index (χ1) is 13.9. The van der Waals surface area contributed by atoms with Crippen LogP contribution < -0.4 is 4.74 Å². The second kappa shape index (κ2) is 9.09. The average Bonchev–Trinajstić information content (AvgIpc) is 2.71. The van der Waals surface area contributed by atoms with E-state index in [0.29, 0.717) is 16.9 Å². The molecule has 0 saturated carbocycles. The fourth-order valence-corrected chi connectivity index (χ4v) is 3.38. The van der Waals surface area contributed by atoms with Crippen LogP contribution in [0.3, 0.4) is 0 Å². The summed E-state index contributed by atoms with van der Waals surface area (Å²) >= 11 is 0. The molecule has 0 aliphatic heterocycles. The Labute approximate surface area is 166 Å². The Balaban J connectivity index is 2.10. The van der Waals surface area contributed by atoms with E-state index < -0.39 is 23.8 Å². The smallest absolute Gasteiger partial charge is 0.396 e. The molecule has 6 heteroatoms. The van der Waals surface area contributed by atoms with Crippen molar-refractivity contribution in [1.82, 2.24) is 0 Å². The average molecular weight is 404 g/mol. The van der Waals surface area contributed by atoms with Crippen LogP contribution >= 0.6 is 0 Å². The highest BCUT2D eigenvalue weighted by Gasteiger charge is 2.46. The third-order valence-electron chi connectivity index (χ3n) is 4.66. The van der Waals surface area contributed by atoms with Crippen LogP contribution in [-0.2, 0) is 4.74 Å². The van der Waals surface area contributed by atoms with Crippen LogP contribution in [0.5, 0.6) is 5.75 Å². The molecule has 0 spiro atoms. The van der Waals surface area contributed by atoms with E-state index >= 15 is 0 Å². The Morgan fingerprint density at radius 2 is 1.31 bits per heavy atom. The van der Waals surface area contributed by atoms with Gasteiger partial charge in [-0.1, -0.05) is 54.6 Å². The zero-order chi connectivity index (χ0) is 20.9. The molecule has 152 valence electrons. The number of hydrogen-bond donors (Lipinski definition) is 0. The highest BCUT2D eigenvalue weighted by molar-refractivity contribution is 5.41. The number of methoxy groups -OCH3 is 1. The number of benzene rings is 3. The Bertz CT molecular complexity index is 891. The van der Waals surface area contributed by atoms with Gasteiger partial charge in [-0.05, 0) is 41.0 Å². The van der Waals surface area contributed by atoms with Crippen molar-refractivity contribution in [2.75, 3.05) is 13.9 Å². The first kappa shape index (κ1) is 20.9. The third kappa shape index (κ3) is 5.15. The molecule has 0 saturated heterocycles. The van der Waals surface area contributed by atoms with E-state index in [1.165, 1.54) is 43.5 Å². The highest BCUT2D eigenvalue weighted by Crippen LogP contribution is 2.48. The van der Waals surface area contributed by atoms with Crippen molar-refractivity contribution < 1.29 is 27.0 Å². The van der Waals surface area contributed by atoms with Gasteiger partial charge in [0.05, 0.1) is 5.92 Å². The zero-order valence-electron chi connectivity index (χ0n) is 15.7. The Morgan fingerprint density at radius 1 is 0.759 bits per heavy atom. The maximum Gasteiger partial charge on any atom is 0.396 e. The summed E-state index contributed by atoms with van der Waals surface area (Å²) in [5, 5.41) is 0. The maximum atomic E-state index is 14.2. The molecule has 0 bridgehead atoms. The minimum atomic E-state index is -4.51. The van der Waals surface area contributed by atoms with E-state index in [-0.39, 0.29) is 12.4 Å². The van der Waals surface area contributed by atoms with Gasteiger partial charge in [0.25, 0.3) is 0 Å². The summed E-state index contributed by atoms with van der Waals surface area (Å²) in [6.45, 7) is 0.0376. The Kier molecular flexibility index (Phi) is 6.54. The van der Waals surface area contributed by atoms with Gasteiger partial charge in [0.2, 0.25) is 0 Å². The molecular weight excluding hydrogens is 384 g/mol. The molecule has 0 fully saturated rings. The van der Waals surface area contributed by atoms with Gasteiger partial charge in [0.15, 0.2) is 6.79 Å². The molecule has 2 atom stereocenters. The van der Waals surface area contributed by atoms with Crippen molar-refractivity contribution in [2.24, 2.45) is 0 Å². The number of hydrogen-bond acceptors (Lipinski definition) is 2. The van der Waals surface area contributed by atoms with Crippen molar-refractivity contribution in [3.8, 4) is 5.75 Å². The third-order valence-corrected chi connectivity index (χ3v) is 4.66. The number of rotatable bonds is 7. The summed E-state index contributed by atoms with van der Waals surface area (Å²) in [7, 11) is 1.48. The monoisotopic (exact) mass is 404 g/mol. The van der Waals surface area contributed by atoms with E-state index in [0.717, 1.165) is 0 Å². The van der Waals surface area contributed by atoms with Crippen LogP contribution in [0.4, 0.5) is 17.6 Å². The van der Waals surface area contributed by atoms with Gasteiger partial charge in [-0.15, -0.1) is 0 Å². The molecule has 3 aromatic rings. The summed E-state index contributed by atoms with van der Waals surface area (Å²) in [4.78, 5) is 0. The van der Waals surface area contributed by atoms with E-state index in [2.05, 4.69) is 0 Å². The normalized spacial score (nSPS) is 13.7. The molecule has 2 unspecified atom stereocenters. The molecule has 3 aromatic carbocycles. The molecular formula is C23H20F4O2. The number of ether oxygens (including phenoxy) is 2. The summed E-state index contributed by atoms with van der Waals surface area (Å²) in [5.74, 6) is -2.86. The van der Waals surface area contributed by atoms with Crippen LogP contribution in [0, 0.1) is 5.82 Å². The lowest BCUT2D eigenvalue weighted by Crippen LogP contribution is -2.28. The van der Waals surface area contributed by atoms with Crippen molar-refractivity contribution in [1.29, 1.82) is 0 Å². The Morgan fingerprint density at radius 3 is 1.83 bits per heavy atom. The van der Waals surface area contributed by atoms with Gasteiger partial charge in [0, 0.05) is 13.0 Å². The Hall–Kier alpha value is -2.86. The van der Waals surface area contributed by atoms with Crippen molar-refractivity contribution in [3.63, 3.8) is 0 Å². The predicted octanol–water partition coefficient (Wildman–Crippen LogP) is 6.29. The van der Waals surface area contributed by atoms with E-state index in [9.17, 15) is 17.6 Å². The fourth-order valence-electron chi connectivity index (χ4n) is 3.38. The van der Waals surface area contributed by atoms with Crippen LogP contribution in [0.1, 0.15) is 28.5 Å². The lowest BCUT2D eigenvalue weighted by atomic mass is 9.76. The SMILES string of the molecule is COCOc1ccc(C(c2ccc(F)cc2)C(c2ccccc2)C(F)(F)F)cc1. The van der Waals surface area contributed by atoms with Crippen LogP contribution in [-0.4, -0.2) is 20.1 Å². The highest BCUT2D eigenvalue weighted by atomic mass is 19.4. The first-order valence-electron chi connectivity index (χ1n) is 8.99. The van der Waals surface area contributed by atoms with Crippen molar-refractivity contribution in [3.05, 3.63) is 101 Å². The molecule has 0 aliphatic rings. The molecule has 0 aromatic heterocycles. The molecule has 0 amide bonds. The van der Waals surface area contributed by atoms with E-state index in [4.69, 9.17) is 9.47 Å². The molecule has 0 aliphatic carbocycles. The van der Waals surface area contributed by atoms with Gasteiger partial charge in [-0.3, -0.25) is 0 Å². The van der Waals surface area contributed by atoms with Gasteiger partial charge >= 0.3 is 6.18 Å².